The molecule has 2 fully saturated rings. The van der Waals surface area contributed by atoms with Crippen molar-refractivity contribution >= 4 is 33.4 Å². The smallest absolute Gasteiger partial charge is 0.253 e. The number of halogens is 1. The van der Waals surface area contributed by atoms with E-state index in [1.54, 1.807) is 29.2 Å². The molecule has 1 aliphatic carbocycles. The second-order valence-corrected chi connectivity index (χ2v) is 12.1. The summed E-state index contributed by atoms with van der Waals surface area (Å²) in [5, 5.41) is 0.804. The Labute approximate surface area is 228 Å². The lowest BCUT2D eigenvalue weighted by molar-refractivity contribution is 0.0751. The number of carbonyl (C=O) groups is 2. The Balaban J connectivity index is 1.19. The van der Waals surface area contributed by atoms with Crippen LogP contribution in [0.3, 0.4) is 0 Å². The summed E-state index contributed by atoms with van der Waals surface area (Å²) in [6.45, 7) is 6.76. The van der Waals surface area contributed by atoms with Gasteiger partial charge in [-0.3, -0.25) is 9.59 Å². The highest BCUT2D eigenvalue weighted by atomic mass is 32.1. The average molecular weight is 546 g/mol. The largest absolute Gasteiger partial charge is 0.474 e. The second kappa shape index (κ2) is 9.10. The maximum Gasteiger partial charge on any atom is 0.253 e. The van der Waals surface area contributed by atoms with Crippen LogP contribution in [0.4, 0.5) is 4.39 Å². The van der Waals surface area contributed by atoms with Crippen LogP contribution in [0, 0.1) is 24.6 Å². The first kappa shape index (κ1) is 25.4. The van der Waals surface area contributed by atoms with Gasteiger partial charge in [-0.2, -0.15) is 0 Å². The van der Waals surface area contributed by atoms with E-state index < -0.39 is 11.4 Å². The third-order valence-corrected chi connectivity index (χ3v) is 8.38. The zero-order chi connectivity index (χ0) is 27.6. The molecule has 1 saturated carbocycles. The summed E-state index contributed by atoms with van der Waals surface area (Å²) in [7, 11) is 0. The van der Waals surface area contributed by atoms with Crippen LogP contribution in [-0.4, -0.2) is 45.9 Å². The lowest BCUT2D eigenvalue weighted by Gasteiger charge is -2.22. The Morgan fingerprint density at radius 1 is 1.08 bits per heavy atom. The van der Waals surface area contributed by atoms with Gasteiger partial charge in [-0.25, -0.2) is 14.4 Å². The van der Waals surface area contributed by atoms with E-state index in [0.717, 1.165) is 20.8 Å². The number of ether oxygens (including phenoxy) is 1. The summed E-state index contributed by atoms with van der Waals surface area (Å²) in [5.41, 5.74) is 14.8. The molecule has 0 radical (unpaired) electrons. The number of benzene rings is 2. The van der Waals surface area contributed by atoms with Gasteiger partial charge >= 0.3 is 0 Å². The first-order valence-corrected chi connectivity index (χ1v) is 13.5. The number of nitrogens with two attached hydrogens (primary N) is 2. The molecule has 0 spiro atoms. The minimum Gasteiger partial charge on any atom is -0.474 e. The molecule has 3 heterocycles. The van der Waals surface area contributed by atoms with E-state index in [4.69, 9.17) is 16.2 Å². The third kappa shape index (κ3) is 4.74. The van der Waals surface area contributed by atoms with Crippen LogP contribution in [0.25, 0.3) is 21.5 Å². The highest BCUT2D eigenvalue weighted by Gasteiger charge is 2.59. The number of aromatic nitrogens is 2. The molecule has 4 N–H and O–H groups in total. The van der Waals surface area contributed by atoms with Gasteiger partial charge in [-0.05, 0) is 68.8 Å². The van der Waals surface area contributed by atoms with Crippen LogP contribution in [0.15, 0.2) is 48.5 Å². The Morgan fingerprint density at radius 3 is 2.41 bits per heavy atom. The summed E-state index contributed by atoms with van der Waals surface area (Å²) in [5.74, 6) is -0.231. The lowest BCUT2D eigenvalue weighted by atomic mass is 9.95. The number of primary amides is 1. The van der Waals surface area contributed by atoms with Crippen molar-refractivity contribution in [1.29, 1.82) is 0 Å². The van der Waals surface area contributed by atoms with Gasteiger partial charge in [0.2, 0.25) is 5.88 Å². The summed E-state index contributed by atoms with van der Waals surface area (Å²) < 4.78 is 20.5. The number of pyridine rings is 1. The molecule has 6 rings (SSSR count). The van der Waals surface area contributed by atoms with E-state index in [2.05, 4.69) is 9.97 Å². The van der Waals surface area contributed by atoms with Crippen LogP contribution >= 0.6 is 11.3 Å². The number of fused-ring (bicyclic) bond motifs is 2. The number of piperidine rings is 1. The number of aryl methyl sites for hydroxylation is 1. The fourth-order valence-electron chi connectivity index (χ4n) is 5.29. The van der Waals surface area contributed by atoms with Crippen molar-refractivity contribution in [3.8, 4) is 17.1 Å². The number of thiazole rings is 1. The van der Waals surface area contributed by atoms with E-state index in [9.17, 15) is 14.0 Å². The first-order valence-electron chi connectivity index (χ1n) is 12.7. The number of hydrogen-bond acceptors (Lipinski definition) is 7. The number of carbonyl (C=O) groups excluding carboxylic acids is 2. The lowest BCUT2D eigenvalue weighted by Crippen LogP contribution is -2.33. The Kier molecular flexibility index (Phi) is 5.92. The van der Waals surface area contributed by atoms with Gasteiger partial charge in [0.05, 0.1) is 26.5 Å². The number of amides is 2. The van der Waals surface area contributed by atoms with Gasteiger partial charge in [-0.15, -0.1) is 11.3 Å². The minimum atomic E-state index is -0.625. The fourth-order valence-corrected chi connectivity index (χ4v) is 6.19. The van der Waals surface area contributed by atoms with E-state index in [1.165, 1.54) is 23.5 Å². The quantitative estimate of drug-likeness (QED) is 0.373. The van der Waals surface area contributed by atoms with E-state index in [-0.39, 0.29) is 35.2 Å². The molecule has 39 heavy (non-hydrogen) atoms. The highest BCUT2D eigenvalue weighted by molar-refractivity contribution is 7.18. The molecule has 2 amide bonds. The van der Waals surface area contributed by atoms with Crippen LogP contribution in [0.1, 0.15) is 45.1 Å². The van der Waals surface area contributed by atoms with Crippen molar-refractivity contribution < 1.29 is 18.7 Å². The Hall–Kier alpha value is -3.89. The van der Waals surface area contributed by atoms with Crippen molar-refractivity contribution in [3.05, 3.63) is 76.0 Å². The summed E-state index contributed by atoms with van der Waals surface area (Å²) >= 11 is 1.43. The average Bonchev–Trinajstić information content (AvgIpc) is 3.20. The molecule has 2 aliphatic rings. The molecule has 1 saturated heterocycles. The first-order chi connectivity index (χ1) is 18.5. The minimum absolute atomic E-state index is 0.0634. The Morgan fingerprint density at radius 2 is 1.77 bits per heavy atom. The Bertz CT molecular complexity index is 1620. The SMILES string of the molecule is Cc1nc2c(C(N)=O)cc(C(=O)N3C[C@@H]4C(Oc5cc(C(C)(C)N)cc(-c6ccc(F)cc6)n5)[C@@H]4C3)cc2s1. The zero-order valence-electron chi connectivity index (χ0n) is 21.8. The standard InChI is InChI=1S/C29H28FN5O3S/c1-14-33-25-19(27(31)36)8-16(9-23(25)39-14)28(37)35-12-20-21(13-35)26(20)38-24-11-17(29(2,3)32)10-22(34-24)15-4-6-18(30)7-5-15/h4-11,20-21,26H,12-13,32H2,1-3H3,(H2,31,36)/t20-,21+,26?. The molecule has 10 heteroatoms. The molecular weight excluding hydrogens is 517 g/mol. The highest BCUT2D eigenvalue weighted by Crippen LogP contribution is 2.48. The van der Waals surface area contributed by atoms with Gasteiger partial charge in [0, 0.05) is 47.7 Å². The topological polar surface area (TPSA) is 124 Å². The molecule has 0 bridgehead atoms. The van der Waals surface area contributed by atoms with Crippen LogP contribution < -0.4 is 16.2 Å². The zero-order valence-corrected chi connectivity index (χ0v) is 22.6. The molecule has 4 aromatic rings. The van der Waals surface area contributed by atoms with Gasteiger partial charge in [-0.1, -0.05) is 0 Å². The summed E-state index contributed by atoms with van der Waals surface area (Å²) in [6, 6.07) is 13.2. The predicted molar refractivity (Wildman–Crippen MR) is 147 cm³/mol. The van der Waals surface area contributed by atoms with E-state index in [0.29, 0.717) is 35.7 Å². The normalized spacial score (nSPS) is 20.2. The third-order valence-electron chi connectivity index (χ3n) is 7.46. The van der Waals surface area contributed by atoms with Gasteiger partial charge in [0.15, 0.2) is 0 Å². The predicted octanol–water partition coefficient (Wildman–Crippen LogP) is 4.25. The van der Waals surface area contributed by atoms with E-state index >= 15 is 0 Å². The molecule has 1 aliphatic heterocycles. The van der Waals surface area contributed by atoms with Crippen molar-refractivity contribution in [2.24, 2.45) is 23.3 Å². The van der Waals surface area contributed by atoms with Crippen molar-refractivity contribution in [2.45, 2.75) is 32.4 Å². The van der Waals surface area contributed by atoms with Crippen LogP contribution in [-0.2, 0) is 5.54 Å². The summed E-state index contributed by atoms with van der Waals surface area (Å²) in [4.78, 5) is 36.3. The fraction of sp³-hybridized carbons (Fsp3) is 0.310. The van der Waals surface area contributed by atoms with Crippen molar-refractivity contribution in [1.82, 2.24) is 14.9 Å². The van der Waals surface area contributed by atoms with E-state index in [1.807, 2.05) is 32.9 Å². The van der Waals surface area contributed by atoms with Crippen molar-refractivity contribution in [2.75, 3.05) is 13.1 Å². The molecular formula is C29H28FN5O3S. The molecule has 1 unspecified atom stereocenters. The maximum absolute atomic E-state index is 13.5. The number of hydrogen-bond donors (Lipinski definition) is 2. The monoisotopic (exact) mass is 545 g/mol. The molecule has 8 nitrogen and oxygen atoms in total. The molecule has 200 valence electrons. The molecule has 2 aromatic heterocycles. The van der Waals surface area contributed by atoms with Gasteiger partial charge in [0.1, 0.15) is 11.9 Å². The molecule has 3 atom stereocenters. The van der Waals surface area contributed by atoms with Crippen molar-refractivity contribution in [3.63, 3.8) is 0 Å². The number of rotatable bonds is 6. The maximum atomic E-state index is 13.5. The molecule has 2 aromatic carbocycles. The van der Waals surface area contributed by atoms with Gasteiger partial charge in [0.25, 0.3) is 11.8 Å². The number of nitrogens with zero attached hydrogens (tertiary/aromatic N) is 3. The second-order valence-electron chi connectivity index (χ2n) is 10.9. The van der Waals surface area contributed by atoms with Crippen LogP contribution in [0.5, 0.6) is 5.88 Å². The number of likely N-dealkylation sites (tertiary alicyclic amines) is 1. The van der Waals surface area contributed by atoms with Gasteiger partial charge < -0.3 is 21.1 Å². The summed E-state index contributed by atoms with van der Waals surface area (Å²) in [6.07, 6.45) is -0.0634. The van der Waals surface area contributed by atoms with Crippen LogP contribution in [0.2, 0.25) is 0 Å².